The summed E-state index contributed by atoms with van der Waals surface area (Å²) in [7, 11) is 0. The van der Waals surface area contributed by atoms with Crippen LogP contribution in [0.1, 0.15) is 100 Å². The predicted molar refractivity (Wildman–Crippen MR) is 210 cm³/mol. The maximum absolute atomic E-state index is 13.9. The lowest BCUT2D eigenvalue weighted by molar-refractivity contribution is -0.143. The highest BCUT2D eigenvalue weighted by Gasteiger charge is 2.34. The van der Waals surface area contributed by atoms with Gasteiger partial charge in [0.2, 0.25) is 41.4 Å². The molecule has 0 radical (unpaired) electrons. The molecule has 20 nitrogen and oxygen atoms in total. The van der Waals surface area contributed by atoms with Crippen LogP contribution in [0, 0.1) is 23.7 Å². The topological polar surface area (TPSA) is 345 Å². The summed E-state index contributed by atoms with van der Waals surface area (Å²) in [5.74, 6) is -7.30. The SMILES string of the molecule is CC(C)C[C@H](NC(=O)[C@H](CC(C)C)NC(=O)[C@H](CC(C)C)NC(=O)[C@H](CCCN=C(N)N)NC(=O)[C@H](CC(N)=O)NC(=O)[C@H](CC(C)C)NC(=O)CN)C(=O)O. The van der Waals surface area contributed by atoms with Crippen molar-refractivity contribution in [1.29, 1.82) is 0 Å². The number of primary amides is 1. The highest BCUT2D eigenvalue weighted by Crippen LogP contribution is 2.12. The van der Waals surface area contributed by atoms with Crippen LogP contribution in [0.15, 0.2) is 4.99 Å². The molecule has 0 saturated carbocycles. The summed E-state index contributed by atoms with van der Waals surface area (Å²) in [6.07, 6.45) is 0.0709. The van der Waals surface area contributed by atoms with Crippen molar-refractivity contribution in [3.05, 3.63) is 0 Å². The molecule has 0 aliphatic heterocycles. The number of carbonyl (C=O) groups is 8. The minimum Gasteiger partial charge on any atom is -0.480 e. The monoisotopic (exact) mass is 798 g/mol. The number of nitrogens with one attached hydrogen (secondary N) is 6. The predicted octanol–water partition coefficient (Wildman–Crippen LogP) is -1.95. The summed E-state index contributed by atoms with van der Waals surface area (Å²) in [4.78, 5) is 108. The van der Waals surface area contributed by atoms with Crippen molar-refractivity contribution in [3.8, 4) is 0 Å². The molecule has 0 fully saturated rings. The first-order chi connectivity index (χ1) is 26.0. The fourth-order valence-electron chi connectivity index (χ4n) is 5.60. The summed E-state index contributed by atoms with van der Waals surface area (Å²) in [5, 5.41) is 25.0. The molecular weight excluding hydrogens is 730 g/mol. The third-order valence-corrected chi connectivity index (χ3v) is 8.16. The Labute approximate surface area is 329 Å². The van der Waals surface area contributed by atoms with Crippen molar-refractivity contribution < 1.29 is 43.5 Å². The molecule has 56 heavy (non-hydrogen) atoms. The van der Waals surface area contributed by atoms with Gasteiger partial charge in [0.15, 0.2) is 5.96 Å². The smallest absolute Gasteiger partial charge is 0.326 e. The molecule has 0 aromatic heterocycles. The number of nitrogens with two attached hydrogens (primary N) is 4. The zero-order valence-electron chi connectivity index (χ0n) is 34.1. The zero-order chi connectivity index (χ0) is 43.3. The highest BCUT2D eigenvalue weighted by molar-refractivity contribution is 5.98. The van der Waals surface area contributed by atoms with Crippen molar-refractivity contribution in [2.45, 2.75) is 137 Å². The van der Waals surface area contributed by atoms with Crippen molar-refractivity contribution >= 4 is 53.3 Å². The average molecular weight is 798 g/mol. The molecule has 0 spiro atoms. The van der Waals surface area contributed by atoms with E-state index in [-0.39, 0.29) is 74.7 Å². The zero-order valence-corrected chi connectivity index (χ0v) is 34.1. The van der Waals surface area contributed by atoms with Crippen molar-refractivity contribution in [2.24, 2.45) is 51.6 Å². The van der Waals surface area contributed by atoms with Crippen LogP contribution in [0.3, 0.4) is 0 Å². The molecule has 0 aliphatic rings. The minimum absolute atomic E-state index is 0.0405. The second kappa shape index (κ2) is 26.0. The lowest BCUT2D eigenvalue weighted by Crippen LogP contribution is -2.60. The molecule has 20 heteroatoms. The van der Waals surface area contributed by atoms with E-state index in [1.807, 2.05) is 55.4 Å². The normalized spacial score (nSPS) is 14.4. The lowest BCUT2D eigenvalue weighted by Gasteiger charge is -2.28. The third-order valence-electron chi connectivity index (χ3n) is 8.16. The standard InChI is InChI=1S/C36H67N11O9/c1-18(2)12-23(42-29(49)17-37)31(51)46-26(16-28(38)48)34(54)43-22(10-9-11-41-36(39)40)30(50)44-24(13-19(3)4)32(52)45-25(14-20(5)6)33(53)47-27(35(55)56)15-21(7)8/h18-27H,9-17,37H2,1-8H3,(H2,38,48)(H,42,49)(H,43,54)(H,44,50)(H,45,52)(H,46,51)(H,47,53)(H,55,56)(H4,39,40,41)/t22-,23-,24-,25-,26-,27-/m0/s1. The lowest BCUT2D eigenvalue weighted by atomic mass is 9.98. The Kier molecular flexibility index (Phi) is 23.6. The highest BCUT2D eigenvalue weighted by atomic mass is 16.4. The number of carboxylic acid groups (broad SMARTS) is 1. The van der Waals surface area contributed by atoms with Gasteiger partial charge in [-0.3, -0.25) is 38.6 Å². The maximum Gasteiger partial charge on any atom is 0.326 e. The Morgan fingerprint density at radius 2 is 0.857 bits per heavy atom. The van der Waals surface area contributed by atoms with Crippen LogP contribution < -0.4 is 54.8 Å². The van der Waals surface area contributed by atoms with E-state index in [2.05, 4.69) is 36.9 Å². The van der Waals surface area contributed by atoms with Gasteiger partial charge in [0.25, 0.3) is 0 Å². The Morgan fingerprint density at radius 1 is 0.518 bits per heavy atom. The molecule has 0 saturated heterocycles. The van der Waals surface area contributed by atoms with E-state index in [9.17, 15) is 43.5 Å². The Morgan fingerprint density at radius 3 is 1.23 bits per heavy atom. The molecule has 0 aliphatic carbocycles. The molecule has 0 bridgehead atoms. The number of rotatable bonds is 27. The van der Waals surface area contributed by atoms with Gasteiger partial charge in [0.05, 0.1) is 13.0 Å². The first-order valence-corrected chi connectivity index (χ1v) is 19.0. The van der Waals surface area contributed by atoms with Gasteiger partial charge in [-0.05, 0) is 62.2 Å². The van der Waals surface area contributed by atoms with Gasteiger partial charge in [-0.15, -0.1) is 0 Å². The molecule has 0 unspecified atom stereocenters. The molecule has 0 rings (SSSR count). The number of hydrogen-bond acceptors (Lipinski definition) is 10. The molecule has 7 amide bonds. The van der Waals surface area contributed by atoms with Gasteiger partial charge >= 0.3 is 5.97 Å². The first-order valence-electron chi connectivity index (χ1n) is 19.0. The van der Waals surface area contributed by atoms with Crippen molar-refractivity contribution in [1.82, 2.24) is 31.9 Å². The van der Waals surface area contributed by atoms with Crippen LogP contribution in [0.25, 0.3) is 0 Å². The van der Waals surface area contributed by atoms with E-state index < -0.39 is 96.5 Å². The Hall–Kier alpha value is -5.01. The summed E-state index contributed by atoms with van der Waals surface area (Å²) >= 11 is 0. The summed E-state index contributed by atoms with van der Waals surface area (Å²) in [6.45, 7) is 14.2. The third kappa shape index (κ3) is 21.8. The average Bonchev–Trinajstić information content (AvgIpc) is 3.06. The largest absolute Gasteiger partial charge is 0.480 e. The summed E-state index contributed by atoms with van der Waals surface area (Å²) in [6, 6.07) is -7.54. The van der Waals surface area contributed by atoms with Gasteiger partial charge in [-0.2, -0.15) is 0 Å². The maximum atomic E-state index is 13.9. The van der Waals surface area contributed by atoms with E-state index >= 15 is 0 Å². The second-order valence-corrected chi connectivity index (χ2v) is 15.6. The van der Waals surface area contributed by atoms with Crippen LogP contribution in [0.4, 0.5) is 0 Å². The molecule has 320 valence electrons. The molecule has 6 atom stereocenters. The summed E-state index contributed by atoms with van der Waals surface area (Å²) in [5.41, 5.74) is 21.7. The van der Waals surface area contributed by atoms with Crippen LogP contribution >= 0.6 is 0 Å². The van der Waals surface area contributed by atoms with Crippen LogP contribution in [0.2, 0.25) is 0 Å². The van der Waals surface area contributed by atoms with Crippen LogP contribution in [-0.4, -0.2) is 108 Å². The number of aliphatic carboxylic acids is 1. The quantitative estimate of drug-likeness (QED) is 0.0246. The van der Waals surface area contributed by atoms with Crippen molar-refractivity contribution in [2.75, 3.05) is 13.1 Å². The van der Waals surface area contributed by atoms with Crippen LogP contribution in [-0.2, 0) is 38.4 Å². The molecular formula is C36H67N11O9. The van der Waals surface area contributed by atoms with E-state index in [0.29, 0.717) is 0 Å². The van der Waals surface area contributed by atoms with Gasteiger partial charge in [-0.25, -0.2) is 4.79 Å². The van der Waals surface area contributed by atoms with Gasteiger partial charge in [0.1, 0.15) is 36.3 Å². The Bertz CT molecular complexity index is 1370. The number of carboxylic acids is 1. The van der Waals surface area contributed by atoms with Crippen LogP contribution in [0.5, 0.6) is 0 Å². The minimum atomic E-state index is -1.56. The molecule has 0 heterocycles. The van der Waals surface area contributed by atoms with Gasteiger partial charge < -0.3 is 59.9 Å². The number of aliphatic imine (C=N–C) groups is 1. The fourth-order valence-corrected chi connectivity index (χ4v) is 5.60. The molecule has 0 aromatic carbocycles. The fraction of sp³-hybridized carbons (Fsp3) is 0.750. The van der Waals surface area contributed by atoms with E-state index in [4.69, 9.17) is 22.9 Å². The van der Waals surface area contributed by atoms with E-state index in [1.165, 1.54) is 0 Å². The summed E-state index contributed by atoms with van der Waals surface area (Å²) < 4.78 is 0. The molecule has 0 aromatic rings. The molecule has 15 N–H and O–H groups in total. The number of guanidine groups is 1. The second-order valence-electron chi connectivity index (χ2n) is 15.6. The Balaban J connectivity index is 6.50. The first kappa shape index (κ1) is 51.0. The van der Waals surface area contributed by atoms with Gasteiger partial charge in [-0.1, -0.05) is 55.4 Å². The number of hydrogen-bond donors (Lipinski definition) is 11. The van der Waals surface area contributed by atoms with E-state index in [1.54, 1.807) is 0 Å². The van der Waals surface area contributed by atoms with Gasteiger partial charge in [0, 0.05) is 6.54 Å². The number of amides is 7. The van der Waals surface area contributed by atoms with Crippen molar-refractivity contribution in [3.63, 3.8) is 0 Å². The number of nitrogens with zero attached hydrogens (tertiary/aromatic N) is 1. The van der Waals surface area contributed by atoms with E-state index in [0.717, 1.165) is 0 Å². The number of carbonyl (C=O) groups excluding carboxylic acids is 7.